The van der Waals surface area contributed by atoms with E-state index in [0.717, 1.165) is 34.1 Å². The molecule has 5 heteroatoms. The largest absolute Gasteiger partial charge is 0.438 e. The van der Waals surface area contributed by atoms with Crippen molar-refractivity contribution in [3.8, 4) is 11.6 Å². The lowest BCUT2D eigenvalue weighted by Crippen LogP contribution is -2.13. The van der Waals surface area contributed by atoms with Crippen molar-refractivity contribution in [2.45, 2.75) is 27.3 Å². The second-order valence-corrected chi connectivity index (χ2v) is 4.99. The van der Waals surface area contributed by atoms with Gasteiger partial charge in [-0.15, -0.1) is 5.10 Å². The number of ether oxygens (including phenoxy) is 1. The molecular formula is C15H18ClN3O. The van der Waals surface area contributed by atoms with E-state index in [1.165, 1.54) is 0 Å². The van der Waals surface area contributed by atoms with Crippen molar-refractivity contribution >= 4 is 11.6 Å². The summed E-state index contributed by atoms with van der Waals surface area (Å²) in [6.45, 7) is 7.57. The number of benzene rings is 1. The van der Waals surface area contributed by atoms with Crippen molar-refractivity contribution in [1.82, 2.24) is 15.5 Å². The zero-order valence-corrected chi connectivity index (χ0v) is 12.7. The average molecular weight is 292 g/mol. The molecular weight excluding hydrogens is 274 g/mol. The van der Waals surface area contributed by atoms with Gasteiger partial charge in [0.15, 0.2) is 0 Å². The molecule has 0 unspecified atom stereocenters. The molecule has 0 amide bonds. The molecule has 1 heterocycles. The second kappa shape index (κ2) is 6.68. The zero-order chi connectivity index (χ0) is 14.5. The minimum Gasteiger partial charge on any atom is -0.438 e. The first-order valence-corrected chi connectivity index (χ1v) is 6.96. The summed E-state index contributed by atoms with van der Waals surface area (Å²) >= 11 is 6.13. The molecule has 0 bridgehead atoms. The predicted molar refractivity (Wildman–Crippen MR) is 80.4 cm³/mol. The highest BCUT2D eigenvalue weighted by Gasteiger charge is 2.06. The van der Waals surface area contributed by atoms with E-state index in [4.69, 9.17) is 16.3 Å². The van der Waals surface area contributed by atoms with Crippen molar-refractivity contribution in [3.63, 3.8) is 0 Å². The molecule has 0 aliphatic heterocycles. The van der Waals surface area contributed by atoms with Crippen LogP contribution in [0.1, 0.15) is 23.7 Å². The summed E-state index contributed by atoms with van der Waals surface area (Å²) in [5, 5.41) is 12.1. The Hall–Kier alpha value is -1.65. The SMILES string of the molecule is CCNCc1ccc(Oc2cc(C)c(Cl)c(C)c2)nn1. The van der Waals surface area contributed by atoms with Crippen LogP contribution in [0.2, 0.25) is 5.02 Å². The van der Waals surface area contributed by atoms with Gasteiger partial charge in [-0.05, 0) is 49.7 Å². The van der Waals surface area contributed by atoms with Crippen molar-refractivity contribution in [3.05, 3.63) is 46.1 Å². The van der Waals surface area contributed by atoms with Gasteiger partial charge in [-0.25, -0.2) is 0 Å². The lowest BCUT2D eigenvalue weighted by molar-refractivity contribution is 0.452. The second-order valence-electron chi connectivity index (χ2n) is 4.62. The van der Waals surface area contributed by atoms with E-state index in [-0.39, 0.29) is 0 Å². The fraction of sp³-hybridized carbons (Fsp3) is 0.333. The molecule has 0 saturated carbocycles. The van der Waals surface area contributed by atoms with Crippen LogP contribution >= 0.6 is 11.6 Å². The summed E-state index contributed by atoms with van der Waals surface area (Å²) in [6, 6.07) is 7.51. The minimum atomic E-state index is 0.478. The Bertz CT molecular complexity index is 561. The molecule has 1 aromatic heterocycles. The van der Waals surface area contributed by atoms with E-state index >= 15 is 0 Å². The number of nitrogens with zero attached hydrogens (tertiary/aromatic N) is 2. The molecule has 0 fully saturated rings. The van der Waals surface area contributed by atoms with Gasteiger partial charge in [-0.2, -0.15) is 5.10 Å². The zero-order valence-electron chi connectivity index (χ0n) is 11.9. The molecule has 0 aliphatic carbocycles. The molecule has 0 spiro atoms. The van der Waals surface area contributed by atoms with Gasteiger partial charge < -0.3 is 10.1 Å². The van der Waals surface area contributed by atoms with Gasteiger partial charge in [0.25, 0.3) is 0 Å². The molecule has 2 aromatic rings. The monoisotopic (exact) mass is 291 g/mol. The summed E-state index contributed by atoms with van der Waals surface area (Å²) in [5.41, 5.74) is 2.86. The van der Waals surface area contributed by atoms with E-state index < -0.39 is 0 Å². The van der Waals surface area contributed by atoms with Crippen LogP contribution in [-0.2, 0) is 6.54 Å². The third-order valence-electron chi connectivity index (χ3n) is 2.88. The Morgan fingerprint density at radius 1 is 1.15 bits per heavy atom. The summed E-state index contributed by atoms with van der Waals surface area (Å²) in [6.07, 6.45) is 0. The highest BCUT2D eigenvalue weighted by atomic mass is 35.5. The molecule has 0 saturated heterocycles. The Morgan fingerprint density at radius 2 is 1.85 bits per heavy atom. The van der Waals surface area contributed by atoms with Crippen LogP contribution in [0, 0.1) is 13.8 Å². The molecule has 2 rings (SSSR count). The van der Waals surface area contributed by atoms with Crippen molar-refractivity contribution in [1.29, 1.82) is 0 Å². The first-order valence-electron chi connectivity index (χ1n) is 6.58. The Balaban J connectivity index is 2.10. The quantitative estimate of drug-likeness (QED) is 0.913. The number of aromatic nitrogens is 2. The van der Waals surface area contributed by atoms with Crippen LogP contribution in [0.4, 0.5) is 0 Å². The number of nitrogens with one attached hydrogen (secondary N) is 1. The highest BCUT2D eigenvalue weighted by molar-refractivity contribution is 6.32. The lowest BCUT2D eigenvalue weighted by Gasteiger charge is -2.09. The van der Waals surface area contributed by atoms with Gasteiger partial charge in [0.2, 0.25) is 5.88 Å². The maximum atomic E-state index is 6.13. The predicted octanol–water partition coefficient (Wildman–Crippen LogP) is 3.65. The lowest BCUT2D eigenvalue weighted by atomic mass is 10.1. The van der Waals surface area contributed by atoms with E-state index in [9.17, 15) is 0 Å². The maximum Gasteiger partial charge on any atom is 0.238 e. The Kier molecular flexibility index (Phi) is 4.93. The van der Waals surface area contributed by atoms with Crippen LogP contribution < -0.4 is 10.1 Å². The van der Waals surface area contributed by atoms with Crippen LogP contribution in [0.25, 0.3) is 0 Å². The number of halogens is 1. The molecule has 0 aliphatic rings. The summed E-state index contributed by atoms with van der Waals surface area (Å²) < 4.78 is 5.70. The maximum absolute atomic E-state index is 6.13. The molecule has 20 heavy (non-hydrogen) atoms. The summed E-state index contributed by atoms with van der Waals surface area (Å²) in [4.78, 5) is 0. The third-order valence-corrected chi connectivity index (χ3v) is 3.48. The van der Waals surface area contributed by atoms with Gasteiger partial charge in [-0.3, -0.25) is 0 Å². The first-order chi connectivity index (χ1) is 9.60. The van der Waals surface area contributed by atoms with Crippen LogP contribution in [0.5, 0.6) is 11.6 Å². The molecule has 4 nitrogen and oxygen atoms in total. The van der Waals surface area contributed by atoms with Crippen LogP contribution in [-0.4, -0.2) is 16.7 Å². The number of hydrogen-bond acceptors (Lipinski definition) is 4. The summed E-state index contributed by atoms with van der Waals surface area (Å²) in [5.74, 6) is 1.20. The normalized spacial score (nSPS) is 10.6. The number of rotatable bonds is 5. The Labute approximate surface area is 124 Å². The molecule has 0 atom stereocenters. The van der Waals surface area contributed by atoms with E-state index in [0.29, 0.717) is 12.4 Å². The van der Waals surface area contributed by atoms with Gasteiger partial charge in [0.1, 0.15) is 5.75 Å². The third kappa shape index (κ3) is 3.68. The van der Waals surface area contributed by atoms with Gasteiger partial charge in [0.05, 0.1) is 5.69 Å². The van der Waals surface area contributed by atoms with Gasteiger partial charge in [0, 0.05) is 17.6 Å². The minimum absolute atomic E-state index is 0.478. The number of aryl methyl sites for hydroxylation is 2. The fourth-order valence-corrected chi connectivity index (χ4v) is 1.94. The average Bonchev–Trinajstić information content (AvgIpc) is 2.44. The Morgan fingerprint density at radius 3 is 2.40 bits per heavy atom. The standard InChI is InChI=1S/C15H18ClN3O/c1-4-17-9-12-5-6-14(19-18-12)20-13-7-10(2)15(16)11(3)8-13/h5-8,17H,4,9H2,1-3H3. The van der Waals surface area contributed by atoms with Crippen molar-refractivity contribution < 1.29 is 4.74 Å². The van der Waals surface area contributed by atoms with Crippen molar-refractivity contribution in [2.24, 2.45) is 0 Å². The first kappa shape index (κ1) is 14.8. The molecule has 1 aromatic carbocycles. The highest BCUT2D eigenvalue weighted by Crippen LogP contribution is 2.28. The van der Waals surface area contributed by atoms with Gasteiger partial charge >= 0.3 is 0 Å². The summed E-state index contributed by atoms with van der Waals surface area (Å²) in [7, 11) is 0. The smallest absolute Gasteiger partial charge is 0.238 e. The fourth-order valence-electron chi connectivity index (χ4n) is 1.84. The topological polar surface area (TPSA) is 47.0 Å². The van der Waals surface area contributed by atoms with Crippen molar-refractivity contribution in [2.75, 3.05) is 6.54 Å². The van der Waals surface area contributed by atoms with Crippen LogP contribution in [0.15, 0.2) is 24.3 Å². The van der Waals surface area contributed by atoms with E-state index in [2.05, 4.69) is 22.4 Å². The van der Waals surface area contributed by atoms with Crippen LogP contribution in [0.3, 0.4) is 0 Å². The van der Waals surface area contributed by atoms with E-state index in [1.807, 2.05) is 38.1 Å². The molecule has 106 valence electrons. The molecule has 1 N–H and O–H groups in total. The van der Waals surface area contributed by atoms with Gasteiger partial charge in [-0.1, -0.05) is 18.5 Å². The number of hydrogen-bond donors (Lipinski definition) is 1. The molecule has 0 radical (unpaired) electrons. The van der Waals surface area contributed by atoms with E-state index in [1.54, 1.807) is 0 Å².